The number of hydrogen-bond acceptors (Lipinski definition) is 6. The lowest BCUT2D eigenvalue weighted by molar-refractivity contribution is -0.120. The summed E-state index contributed by atoms with van der Waals surface area (Å²) in [5, 5.41) is 7.60. The predicted molar refractivity (Wildman–Crippen MR) is 167 cm³/mol. The molecule has 2 unspecified atom stereocenters. The molecule has 2 aromatic carbocycles. The van der Waals surface area contributed by atoms with Gasteiger partial charge in [0.2, 0.25) is 5.91 Å². The molecule has 6 rings (SSSR count). The van der Waals surface area contributed by atoms with Crippen molar-refractivity contribution >= 4 is 14.0 Å². The zero-order valence-electron chi connectivity index (χ0n) is 25.3. The van der Waals surface area contributed by atoms with Gasteiger partial charge in [-0.1, -0.05) is 25.7 Å². The molecule has 2 bridgehead atoms. The minimum absolute atomic E-state index is 0.0810. The maximum atomic E-state index is 11.6. The summed E-state index contributed by atoms with van der Waals surface area (Å²) in [5.41, 5.74) is 3.34. The molecule has 3 aromatic rings. The van der Waals surface area contributed by atoms with Crippen LogP contribution in [0.4, 0.5) is 0 Å². The molecule has 1 N–H and O–H groups in total. The van der Waals surface area contributed by atoms with Gasteiger partial charge >= 0.3 is 0 Å². The minimum atomic E-state index is -1.11. The Bertz CT molecular complexity index is 1370. The lowest BCUT2D eigenvalue weighted by Gasteiger charge is -2.40. The van der Waals surface area contributed by atoms with Gasteiger partial charge in [0.25, 0.3) is 0 Å². The van der Waals surface area contributed by atoms with E-state index in [4.69, 9.17) is 14.2 Å². The average Bonchev–Trinajstić information content (AvgIpc) is 3.62. The number of amides is 1. The van der Waals surface area contributed by atoms with Crippen LogP contribution in [-0.4, -0.2) is 66.0 Å². The topological polar surface area (TPSA) is 77.9 Å². The molecule has 2 saturated heterocycles. The van der Waals surface area contributed by atoms with E-state index in [1.54, 1.807) is 6.92 Å². The number of nitrogens with one attached hydrogen (secondary N) is 1. The van der Waals surface area contributed by atoms with Crippen LogP contribution in [0.15, 0.2) is 54.7 Å². The van der Waals surface area contributed by atoms with Gasteiger partial charge in [0, 0.05) is 70.5 Å². The summed E-state index contributed by atoms with van der Waals surface area (Å²) in [6, 6.07) is 18.9. The van der Waals surface area contributed by atoms with Crippen molar-refractivity contribution in [3.05, 3.63) is 60.3 Å². The standard InChI is InChI=1S/C33H44N4O4Si/c1-23(38)35-26-18-27-8-9-28(19-26)36(27)21-31-17-25-7-12-30(20-33(25)41-31)40-29-10-5-24(6-11-29)32-13-14-34-37(32)22-39-15-16-42(2,3)4/h5-7,10-14,20,26-28,31H,8-9,15-19,21-22H2,1-4H3,(H,35,38)/t26?,27-,28+,31?. The Morgan fingerprint density at radius 2 is 1.79 bits per heavy atom. The van der Waals surface area contributed by atoms with Gasteiger partial charge in [-0.05, 0) is 73.7 Å². The second-order valence-corrected chi connectivity index (χ2v) is 19.0. The Labute approximate surface area is 250 Å². The molecule has 224 valence electrons. The number of carbonyl (C=O) groups is 1. The predicted octanol–water partition coefficient (Wildman–Crippen LogP) is 6.09. The highest BCUT2D eigenvalue weighted by Crippen LogP contribution is 2.39. The third kappa shape index (κ3) is 6.90. The molecule has 0 saturated carbocycles. The molecule has 4 heterocycles. The number of carbonyl (C=O) groups excluding carboxylic acids is 1. The van der Waals surface area contributed by atoms with Crippen LogP contribution in [0.25, 0.3) is 11.3 Å². The first kappa shape index (κ1) is 29.0. The summed E-state index contributed by atoms with van der Waals surface area (Å²) in [6.45, 7) is 10.9. The van der Waals surface area contributed by atoms with Gasteiger partial charge in [-0.3, -0.25) is 9.69 Å². The van der Waals surface area contributed by atoms with Crippen LogP contribution in [0.3, 0.4) is 0 Å². The van der Waals surface area contributed by atoms with Crippen LogP contribution in [0.1, 0.15) is 38.2 Å². The average molecular weight is 589 g/mol. The molecule has 2 fully saturated rings. The van der Waals surface area contributed by atoms with Crippen molar-refractivity contribution < 1.29 is 19.0 Å². The second-order valence-electron chi connectivity index (χ2n) is 13.4. The minimum Gasteiger partial charge on any atom is -0.488 e. The van der Waals surface area contributed by atoms with Crippen molar-refractivity contribution in [2.24, 2.45) is 0 Å². The number of rotatable bonds is 11. The first-order chi connectivity index (χ1) is 20.2. The molecule has 0 radical (unpaired) electrons. The maximum absolute atomic E-state index is 11.6. The zero-order valence-corrected chi connectivity index (χ0v) is 26.3. The van der Waals surface area contributed by atoms with Crippen molar-refractivity contribution in [2.75, 3.05) is 13.2 Å². The molecule has 1 aromatic heterocycles. The van der Waals surface area contributed by atoms with E-state index in [9.17, 15) is 4.79 Å². The molecular weight excluding hydrogens is 544 g/mol. The first-order valence-corrected chi connectivity index (χ1v) is 19.1. The molecule has 3 aliphatic rings. The van der Waals surface area contributed by atoms with Crippen LogP contribution in [0.2, 0.25) is 25.7 Å². The van der Waals surface area contributed by atoms with E-state index in [0.29, 0.717) is 24.9 Å². The molecule has 3 aliphatic heterocycles. The van der Waals surface area contributed by atoms with Gasteiger partial charge in [-0.2, -0.15) is 5.10 Å². The van der Waals surface area contributed by atoms with E-state index in [2.05, 4.69) is 53.2 Å². The normalized spacial score (nSPS) is 23.4. The summed E-state index contributed by atoms with van der Waals surface area (Å²) in [5.74, 6) is 2.56. The van der Waals surface area contributed by atoms with Crippen LogP contribution < -0.4 is 14.8 Å². The van der Waals surface area contributed by atoms with Gasteiger partial charge in [-0.15, -0.1) is 0 Å². The number of benzene rings is 2. The van der Waals surface area contributed by atoms with Gasteiger partial charge in [0.15, 0.2) is 0 Å². The van der Waals surface area contributed by atoms with Crippen molar-refractivity contribution in [1.82, 2.24) is 20.0 Å². The molecule has 1 amide bonds. The monoisotopic (exact) mass is 588 g/mol. The number of fused-ring (bicyclic) bond motifs is 3. The second kappa shape index (κ2) is 12.2. The third-order valence-electron chi connectivity index (χ3n) is 8.80. The Hall–Kier alpha value is -3.14. The number of aromatic nitrogens is 2. The maximum Gasteiger partial charge on any atom is 0.217 e. The Morgan fingerprint density at radius 3 is 2.50 bits per heavy atom. The van der Waals surface area contributed by atoms with Gasteiger partial charge in [0.1, 0.15) is 30.1 Å². The van der Waals surface area contributed by atoms with Crippen LogP contribution in [-0.2, 0) is 22.7 Å². The quantitative estimate of drug-likeness (QED) is 0.216. The van der Waals surface area contributed by atoms with E-state index in [1.807, 2.05) is 41.2 Å². The van der Waals surface area contributed by atoms with E-state index in [-0.39, 0.29) is 12.0 Å². The van der Waals surface area contributed by atoms with Crippen LogP contribution >= 0.6 is 0 Å². The third-order valence-corrected chi connectivity index (χ3v) is 10.5. The smallest absolute Gasteiger partial charge is 0.217 e. The van der Waals surface area contributed by atoms with Crippen molar-refractivity contribution in [3.8, 4) is 28.5 Å². The highest BCUT2D eigenvalue weighted by atomic mass is 28.3. The van der Waals surface area contributed by atoms with E-state index in [0.717, 1.165) is 67.0 Å². The van der Waals surface area contributed by atoms with Gasteiger partial charge in [0.05, 0.1) is 5.69 Å². The summed E-state index contributed by atoms with van der Waals surface area (Å²) in [7, 11) is -1.11. The number of piperidine rings is 1. The Kier molecular flexibility index (Phi) is 8.43. The largest absolute Gasteiger partial charge is 0.488 e. The number of hydrogen-bond donors (Lipinski definition) is 1. The Morgan fingerprint density at radius 1 is 1.05 bits per heavy atom. The molecule has 0 aliphatic carbocycles. The SMILES string of the molecule is CC(=O)NC1C[C@H]2CC[C@@H](C1)N2CC1Cc2ccc(Oc3ccc(-c4ccnn4COCC[Si](C)(C)C)cc3)cc2O1. The van der Waals surface area contributed by atoms with Crippen LogP contribution in [0, 0.1) is 0 Å². The van der Waals surface area contributed by atoms with Crippen LogP contribution in [0.5, 0.6) is 17.2 Å². The zero-order chi connectivity index (χ0) is 29.3. The lowest BCUT2D eigenvalue weighted by Crippen LogP contribution is -2.52. The molecule has 9 heteroatoms. The fourth-order valence-electron chi connectivity index (χ4n) is 6.70. The summed E-state index contributed by atoms with van der Waals surface area (Å²) < 4.78 is 20.5. The fraction of sp³-hybridized carbons (Fsp3) is 0.515. The van der Waals surface area contributed by atoms with Gasteiger partial charge < -0.3 is 19.5 Å². The molecule has 42 heavy (non-hydrogen) atoms. The summed E-state index contributed by atoms with van der Waals surface area (Å²) >= 11 is 0. The van der Waals surface area contributed by atoms with Crippen molar-refractivity contribution in [1.29, 1.82) is 0 Å². The van der Waals surface area contributed by atoms with E-state index in [1.165, 1.54) is 18.4 Å². The molecule has 4 atom stereocenters. The van der Waals surface area contributed by atoms with E-state index < -0.39 is 8.07 Å². The Balaban J connectivity index is 1.02. The molecule has 0 spiro atoms. The molecule has 8 nitrogen and oxygen atoms in total. The molecular formula is C33H44N4O4Si. The number of nitrogens with zero attached hydrogens (tertiary/aromatic N) is 3. The summed E-state index contributed by atoms with van der Waals surface area (Å²) in [4.78, 5) is 14.2. The van der Waals surface area contributed by atoms with Crippen molar-refractivity contribution in [2.45, 2.75) is 95.7 Å². The van der Waals surface area contributed by atoms with Gasteiger partial charge in [-0.25, -0.2) is 4.68 Å². The highest BCUT2D eigenvalue weighted by molar-refractivity contribution is 6.76. The number of ether oxygens (including phenoxy) is 3. The first-order valence-electron chi connectivity index (χ1n) is 15.4. The fourth-order valence-corrected chi connectivity index (χ4v) is 7.45. The van der Waals surface area contributed by atoms with E-state index >= 15 is 0 Å². The lowest BCUT2D eigenvalue weighted by atomic mass is 9.96. The van der Waals surface area contributed by atoms with Crippen molar-refractivity contribution in [3.63, 3.8) is 0 Å². The highest BCUT2D eigenvalue weighted by Gasteiger charge is 2.42. The summed E-state index contributed by atoms with van der Waals surface area (Å²) in [6.07, 6.45) is 7.41.